The molecule has 0 spiro atoms. The van der Waals surface area contributed by atoms with E-state index < -0.39 is 0 Å². The van der Waals surface area contributed by atoms with Crippen LogP contribution in [0.25, 0.3) is 0 Å². The Balaban J connectivity index is 2.03. The first-order valence-corrected chi connectivity index (χ1v) is 8.30. The molecule has 0 atom stereocenters. The average Bonchev–Trinajstić information content (AvgIpc) is 2.57. The van der Waals surface area contributed by atoms with Crippen molar-refractivity contribution in [3.8, 4) is 0 Å². The second kappa shape index (κ2) is 11.4. The third-order valence-corrected chi connectivity index (χ3v) is 3.54. The molecule has 0 aliphatic carbocycles. The molecule has 2 N–H and O–H groups in total. The molecule has 0 aromatic carbocycles. The summed E-state index contributed by atoms with van der Waals surface area (Å²) in [5.74, 6) is -0.0857. The molecule has 0 radical (unpaired) electrons. The number of hydrogen-bond acceptors (Lipinski definition) is 3. The molecule has 1 heterocycles. The van der Waals surface area contributed by atoms with Crippen LogP contribution in [0.15, 0.2) is 31.0 Å². The predicted octanol–water partition coefficient (Wildman–Crippen LogP) is 3.23. The van der Waals surface area contributed by atoms with Gasteiger partial charge in [0.15, 0.2) is 0 Å². The number of unbranched alkanes of at least 4 members (excludes halogenated alkanes) is 4. The Morgan fingerprint density at radius 1 is 1.17 bits per heavy atom. The maximum Gasteiger partial charge on any atom is 0.243 e. The van der Waals surface area contributed by atoms with Gasteiger partial charge in [-0.05, 0) is 37.5 Å². The minimum Gasteiger partial charge on any atom is -0.353 e. The first kappa shape index (κ1) is 18.9. The molecule has 1 aromatic rings. The molecular formula is C18H27N3O2. The number of hydrogen-bond donors (Lipinski definition) is 2. The minimum atomic E-state index is -0.122. The zero-order valence-corrected chi connectivity index (χ0v) is 13.9. The highest BCUT2D eigenvalue weighted by atomic mass is 16.2. The number of carbonyl (C=O) groups is 2. The molecule has 0 unspecified atom stereocenters. The molecule has 1 rings (SSSR count). The van der Waals surface area contributed by atoms with Crippen molar-refractivity contribution in [2.24, 2.45) is 0 Å². The molecular weight excluding hydrogens is 290 g/mol. The number of pyridine rings is 1. The highest BCUT2D eigenvalue weighted by Gasteiger charge is 2.03. The lowest BCUT2D eigenvalue weighted by Crippen LogP contribution is -2.21. The Labute approximate surface area is 138 Å². The summed E-state index contributed by atoms with van der Waals surface area (Å²) >= 11 is 0. The van der Waals surface area contributed by atoms with Crippen LogP contribution in [0.3, 0.4) is 0 Å². The van der Waals surface area contributed by atoms with E-state index in [1.54, 1.807) is 6.20 Å². The standard InChI is InChI=1S/C18H27N3O2/c1-3-15-11-12-16(14-20-15)21-18(23)10-8-6-5-7-9-13-19-17(22)4-2/h4,11-12,14H,2-3,5-10,13H2,1H3,(H,19,22)(H,21,23). The van der Waals surface area contributed by atoms with Gasteiger partial charge in [0.05, 0.1) is 11.9 Å². The molecule has 5 heteroatoms. The Bertz CT molecular complexity index is 497. The Morgan fingerprint density at radius 2 is 1.91 bits per heavy atom. The van der Waals surface area contributed by atoms with E-state index >= 15 is 0 Å². The first-order valence-electron chi connectivity index (χ1n) is 8.30. The SMILES string of the molecule is C=CC(=O)NCCCCCCCC(=O)Nc1ccc(CC)nc1. The summed E-state index contributed by atoms with van der Waals surface area (Å²) in [6, 6.07) is 3.82. The highest BCUT2D eigenvalue weighted by molar-refractivity contribution is 5.90. The summed E-state index contributed by atoms with van der Waals surface area (Å²) in [4.78, 5) is 27.0. The molecule has 2 amide bonds. The highest BCUT2D eigenvalue weighted by Crippen LogP contribution is 2.09. The molecule has 0 bridgehead atoms. The number of aromatic nitrogens is 1. The fraction of sp³-hybridized carbons (Fsp3) is 0.500. The number of anilines is 1. The normalized spacial score (nSPS) is 10.1. The van der Waals surface area contributed by atoms with E-state index in [4.69, 9.17) is 0 Å². The van der Waals surface area contributed by atoms with E-state index in [9.17, 15) is 9.59 Å². The number of nitrogens with one attached hydrogen (secondary N) is 2. The number of aryl methyl sites for hydroxylation is 1. The fourth-order valence-corrected chi connectivity index (χ4v) is 2.16. The topological polar surface area (TPSA) is 71.1 Å². The van der Waals surface area contributed by atoms with Gasteiger partial charge in [-0.15, -0.1) is 0 Å². The summed E-state index contributed by atoms with van der Waals surface area (Å²) in [6.45, 7) is 6.14. The molecule has 126 valence electrons. The van der Waals surface area contributed by atoms with E-state index in [1.807, 2.05) is 19.1 Å². The van der Waals surface area contributed by atoms with Crippen LogP contribution in [0.2, 0.25) is 0 Å². The largest absolute Gasteiger partial charge is 0.353 e. The van der Waals surface area contributed by atoms with Crippen LogP contribution in [0.1, 0.15) is 51.1 Å². The fourth-order valence-electron chi connectivity index (χ4n) is 2.16. The molecule has 23 heavy (non-hydrogen) atoms. The zero-order valence-electron chi connectivity index (χ0n) is 13.9. The number of nitrogens with zero attached hydrogens (tertiary/aromatic N) is 1. The van der Waals surface area contributed by atoms with Crippen LogP contribution in [-0.4, -0.2) is 23.3 Å². The monoisotopic (exact) mass is 317 g/mol. The summed E-state index contributed by atoms with van der Waals surface area (Å²) in [7, 11) is 0. The van der Waals surface area contributed by atoms with Crippen LogP contribution in [0.5, 0.6) is 0 Å². The van der Waals surface area contributed by atoms with Gasteiger partial charge in [0, 0.05) is 18.7 Å². The van der Waals surface area contributed by atoms with E-state index in [0.29, 0.717) is 13.0 Å². The van der Waals surface area contributed by atoms with Gasteiger partial charge < -0.3 is 10.6 Å². The second-order valence-electron chi connectivity index (χ2n) is 5.45. The van der Waals surface area contributed by atoms with Gasteiger partial charge >= 0.3 is 0 Å². The van der Waals surface area contributed by atoms with Crippen molar-refractivity contribution in [3.63, 3.8) is 0 Å². The molecule has 1 aromatic heterocycles. The van der Waals surface area contributed by atoms with Crippen molar-refractivity contribution in [1.82, 2.24) is 10.3 Å². The Morgan fingerprint density at radius 3 is 2.57 bits per heavy atom. The maximum atomic E-state index is 11.8. The lowest BCUT2D eigenvalue weighted by atomic mass is 10.1. The van der Waals surface area contributed by atoms with Gasteiger partial charge in [-0.3, -0.25) is 14.6 Å². The van der Waals surface area contributed by atoms with Crippen molar-refractivity contribution < 1.29 is 9.59 Å². The lowest BCUT2D eigenvalue weighted by Gasteiger charge is -2.06. The van der Waals surface area contributed by atoms with Gasteiger partial charge in [0.1, 0.15) is 0 Å². The van der Waals surface area contributed by atoms with Crippen molar-refractivity contribution in [3.05, 3.63) is 36.7 Å². The van der Waals surface area contributed by atoms with Crippen molar-refractivity contribution in [1.29, 1.82) is 0 Å². The van der Waals surface area contributed by atoms with Gasteiger partial charge in [-0.2, -0.15) is 0 Å². The predicted molar refractivity (Wildman–Crippen MR) is 93.2 cm³/mol. The molecule has 5 nitrogen and oxygen atoms in total. The first-order chi connectivity index (χ1) is 11.2. The third kappa shape index (κ3) is 8.76. The van der Waals surface area contributed by atoms with Crippen molar-refractivity contribution in [2.45, 2.75) is 51.9 Å². The number of carbonyl (C=O) groups excluding carboxylic acids is 2. The summed E-state index contributed by atoms with van der Waals surface area (Å²) in [5.41, 5.74) is 1.78. The Hall–Kier alpha value is -2.17. The van der Waals surface area contributed by atoms with Crippen molar-refractivity contribution >= 4 is 17.5 Å². The Kier molecular flexibility index (Phi) is 9.36. The summed E-state index contributed by atoms with van der Waals surface area (Å²) in [5, 5.41) is 5.61. The average molecular weight is 317 g/mol. The minimum absolute atomic E-state index is 0.0364. The van der Waals surface area contributed by atoms with Gasteiger partial charge in [-0.1, -0.05) is 32.8 Å². The van der Waals surface area contributed by atoms with E-state index in [2.05, 4.69) is 22.2 Å². The summed E-state index contributed by atoms with van der Waals surface area (Å²) < 4.78 is 0. The molecule has 0 saturated heterocycles. The van der Waals surface area contributed by atoms with Gasteiger partial charge in [-0.25, -0.2) is 0 Å². The van der Waals surface area contributed by atoms with Crippen LogP contribution in [0.4, 0.5) is 5.69 Å². The van der Waals surface area contributed by atoms with Crippen molar-refractivity contribution in [2.75, 3.05) is 11.9 Å². The second-order valence-corrected chi connectivity index (χ2v) is 5.45. The zero-order chi connectivity index (χ0) is 16.9. The van der Waals surface area contributed by atoms with Gasteiger partial charge in [0.25, 0.3) is 0 Å². The van der Waals surface area contributed by atoms with Crippen LogP contribution in [-0.2, 0) is 16.0 Å². The third-order valence-electron chi connectivity index (χ3n) is 3.54. The molecule has 0 aliphatic rings. The maximum absolute atomic E-state index is 11.8. The van der Waals surface area contributed by atoms with E-state index in [-0.39, 0.29) is 11.8 Å². The van der Waals surface area contributed by atoms with Gasteiger partial charge in [0.2, 0.25) is 11.8 Å². The summed E-state index contributed by atoms with van der Waals surface area (Å²) in [6.07, 6.45) is 9.40. The van der Waals surface area contributed by atoms with Crippen LogP contribution >= 0.6 is 0 Å². The van der Waals surface area contributed by atoms with Crippen LogP contribution < -0.4 is 10.6 Å². The molecule has 0 aliphatic heterocycles. The number of rotatable bonds is 11. The van der Waals surface area contributed by atoms with E-state index in [1.165, 1.54) is 6.08 Å². The lowest BCUT2D eigenvalue weighted by molar-refractivity contribution is -0.117. The molecule has 0 saturated carbocycles. The van der Waals surface area contributed by atoms with Crippen LogP contribution in [0, 0.1) is 0 Å². The number of amides is 2. The molecule has 0 fully saturated rings. The van der Waals surface area contributed by atoms with E-state index in [0.717, 1.165) is 49.9 Å². The smallest absolute Gasteiger partial charge is 0.243 e. The quantitative estimate of drug-likeness (QED) is 0.486.